The summed E-state index contributed by atoms with van der Waals surface area (Å²) in [6.07, 6.45) is 7.18. The molecule has 26 heavy (non-hydrogen) atoms. The summed E-state index contributed by atoms with van der Waals surface area (Å²) in [5.41, 5.74) is 0.804. The zero-order valence-corrected chi connectivity index (χ0v) is 17.3. The second-order valence-electron chi connectivity index (χ2n) is 6.08. The molecule has 0 aromatic heterocycles. The van der Waals surface area contributed by atoms with Gasteiger partial charge in [0.05, 0.1) is 0 Å². The molecule has 0 atom stereocenters. The predicted octanol–water partition coefficient (Wildman–Crippen LogP) is 3.46. The van der Waals surface area contributed by atoms with Crippen LogP contribution in [0.2, 0.25) is 5.36 Å². The fraction of sp³-hybridized carbons (Fsp3) is 0.429. The summed E-state index contributed by atoms with van der Waals surface area (Å²) in [4.78, 5) is 0. The van der Waals surface area contributed by atoms with Gasteiger partial charge in [-0.05, 0) is 0 Å². The van der Waals surface area contributed by atoms with Crippen LogP contribution in [0, 0.1) is 0 Å². The molecule has 0 amide bonds. The van der Waals surface area contributed by atoms with Crippen LogP contribution in [-0.4, -0.2) is 5.11 Å². The van der Waals surface area contributed by atoms with Crippen molar-refractivity contribution >= 4 is 13.5 Å². The predicted molar refractivity (Wildman–Crippen MR) is 97.3 cm³/mol. The Bertz CT molecular complexity index is 709. The Morgan fingerprint density at radius 1 is 0.731 bits per heavy atom. The summed E-state index contributed by atoms with van der Waals surface area (Å²) in [7, 11) is 0. The van der Waals surface area contributed by atoms with Gasteiger partial charge in [-0.1, -0.05) is 0 Å². The standard InChI is InChI=1S/C8H17.C7H7O.C6H4.2Co.2O/c1-3-5-7-8-6-4-2;8-6-7-4-2-1-3-5-7;1-2-4-6-5-3-1;;;;/h1,3-8H2,2H3;2-5,8H,6H2;1-2,5-6H;;;;. The molecule has 0 bridgehead atoms. The van der Waals surface area contributed by atoms with Crippen LogP contribution in [0.4, 0.5) is 0 Å². The first kappa shape index (κ1) is 21.3. The summed E-state index contributed by atoms with van der Waals surface area (Å²) >= 11 is -2.98. The van der Waals surface area contributed by atoms with Gasteiger partial charge in [0, 0.05) is 0 Å². The van der Waals surface area contributed by atoms with E-state index in [0.717, 1.165) is 37.3 Å². The van der Waals surface area contributed by atoms with Gasteiger partial charge in [-0.3, -0.25) is 0 Å². The molecule has 0 spiro atoms. The van der Waals surface area contributed by atoms with Gasteiger partial charge in [0.1, 0.15) is 0 Å². The molecule has 0 radical (unpaired) electrons. The van der Waals surface area contributed by atoms with E-state index in [-0.39, 0.29) is 6.61 Å². The third-order valence-electron chi connectivity index (χ3n) is 4.04. The third kappa shape index (κ3) is 6.63. The van der Waals surface area contributed by atoms with E-state index < -0.39 is 27.2 Å². The number of aliphatic hydroxyl groups is 1. The summed E-state index contributed by atoms with van der Waals surface area (Å²) in [6, 6.07) is 14.5. The molecule has 0 saturated heterocycles. The van der Waals surface area contributed by atoms with Gasteiger partial charge in [-0.2, -0.15) is 0 Å². The first-order valence-electron chi connectivity index (χ1n) is 9.03. The molecule has 3 nitrogen and oxygen atoms in total. The Kier molecular flexibility index (Phi) is 9.57. The first-order valence-corrected chi connectivity index (χ1v) is 12.2. The normalized spacial score (nSPS) is 12.1. The van der Waals surface area contributed by atoms with Crippen LogP contribution in [0.3, 0.4) is 0 Å². The van der Waals surface area contributed by atoms with Crippen molar-refractivity contribution in [1.29, 1.82) is 0 Å². The number of hydrogen-bond donors (Lipinski definition) is 1. The molecule has 0 unspecified atom stereocenters. The quantitative estimate of drug-likeness (QED) is 0.538. The molecular weight excluding hydrogens is 418 g/mol. The molecule has 0 fully saturated rings. The van der Waals surface area contributed by atoms with Crippen molar-refractivity contribution in [2.75, 3.05) is 0 Å². The summed E-state index contributed by atoms with van der Waals surface area (Å²) in [5, 5.41) is 9.81. The average Bonchev–Trinajstić information content (AvgIpc) is 2.70. The molecule has 0 heterocycles. The number of aliphatic hydroxyl groups excluding tert-OH is 1. The molecule has 5 heteroatoms. The monoisotopic (exact) mass is 446 g/mol. The molecule has 0 aliphatic heterocycles. The molecule has 0 aliphatic rings. The van der Waals surface area contributed by atoms with Gasteiger partial charge < -0.3 is 0 Å². The van der Waals surface area contributed by atoms with Gasteiger partial charge in [0.15, 0.2) is 0 Å². The average molecular weight is 446 g/mol. The van der Waals surface area contributed by atoms with Crippen molar-refractivity contribution in [3.63, 3.8) is 0 Å². The Hall–Kier alpha value is -0.987. The van der Waals surface area contributed by atoms with Gasteiger partial charge in [-0.15, -0.1) is 0 Å². The van der Waals surface area contributed by atoms with E-state index in [1.165, 1.54) is 25.7 Å². The van der Waals surface area contributed by atoms with Crippen molar-refractivity contribution in [1.82, 2.24) is 0 Å². The maximum atomic E-state index is 12.6. The molecule has 2 rings (SSSR count). The minimum atomic E-state index is -1.64. The number of benzene rings is 2. The summed E-state index contributed by atoms with van der Waals surface area (Å²) in [6.45, 7) is 2.19. The van der Waals surface area contributed by atoms with E-state index in [9.17, 15) is 7.73 Å². The second-order valence-corrected chi connectivity index (χ2v) is 9.97. The number of rotatable bonds is 11. The van der Waals surface area contributed by atoms with Crippen LogP contribution in [0.1, 0.15) is 51.0 Å². The topological polar surface area (TPSA) is 54.4 Å². The van der Waals surface area contributed by atoms with Crippen LogP contribution in [0.25, 0.3) is 0 Å². The molecule has 0 aliphatic carbocycles. The fourth-order valence-corrected chi connectivity index (χ4v) is 5.28. The Morgan fingerprint density at radius 2 is 1.23 bits per heavy atom. The Morgan fingerprint density at radius 3 is 1.81 bits per heavy atom. The van der Waals surface area contributed by atoms with Crippen molar-refractivity contribution < 1.29 is 40.0 Å². The Balaban J connectivity index is 1.88. The van der Waals surface area contributed by atoms with Crippen molar-refractivity contribution in [2.45, 2.75) is 57.4 Å². The van der Waals surface area contributed by atoms with Crippen LogP contribution < -0.4 is 13.5 Å². The van der Waals surface area contributed by atoms with Gasteiger partial charge in [0.2, 0.25) is 0 Å². The van der Waals surface area contributed by atoms with E-state index in [0.29, 0.717) is 0 Å². The maximum absolute atomic E-state index is 12.6. The zero-order chi connectivity index (χ0) is 18.8. The molecule has 2 aromatic rings. The van der Waals surface area contributed by atoms with Crippen LogP contribution in [0.15, 0.2) is 48.5 Å². The third-order valence-corrected chi connectivity index (χ3v) is 7.69. The molecule has 0 saturated carbocycles. The van der Waals surface area contributed by atoms with E-state index in [2.05, 4.69) is 6.92 Å². The number of unbranched alkanes of at least 4 members (excludes halogenated alkanes) is 5. The van der Waals surface area contributed by atoms with Gasteiger partial charge >= 0.3 is 165 Å². The van der Waals surface area contributed by atoms with E-state index >= 15 is 0 Å². The SMILES string of the molecule is CCCCCCC[CH2][Co](=[O])[c]1cc[c]([Co](=[O])[c]2ccc(CO)cc2)cc1. The minimum absolute atomic E-state index is 0.0168. The fourth-order valence-electron chi connectivity index (χ4n) is 2.50. The summed E-state index contributed by atoms with van der Waals surface area (Å²) < 4.78 is 27.4. The van der Waals surface area contributed by atoms with Crippen LogP contribution >= 0.6 is 0 Å². The van der Waals surface area contributed by atoms with E-state index in [1.807, 2.05) is 24.3 Å². The van der Waals surface area contributed by atoms with Crippen molar-refractivity contribution in [3.05, 3.63) is 54.1 Å². The number of hydrogen-bond acceptors (Lipinski definition) is 3. The van der Waals surface area contributed by atoms with Crippen LogP contribution in [-0.2, 0) is 41.5 Å². The van der Waals surface area contributed by atoms with Crippen molar-refractivity contribution in [2.24, 2.45) is 0 Å². The van der Waals surface area contributed by atoms with E-state index in [1.54, 1.807) is 24.3 Å². The van der Waals surface area contributed by atoms with E-state index in [4.69, 9.17) is 5.11 Å². The second kappa shape index (κ2) is 11.7. The molecule has 148 valence electrons. The Labute approximate surface area is 164 Å². The van der Waals surface area contributed by atoms with Gasteiger partial charge in [0.25, 0.3) is 0 Å². The molecule has 1 N–H and O–H groups in total. The van der Waals surface area contributed by atoms with Crippen LogP contribution in [0.5, 0.6) is 0 Å². The molecular formula is C21H28Co2O3. The van der Waals surface area contributed by atoms with Gasteiger partial charge in [-0.25, -0.2) is 0 Å². The first-order chi connectivity index (χ1) is 12.7. The van der Waals surface area contributed by atoms with Crippen molar-refractivity contribution in [3.8, 4) is 0 Å². The molecule has 2 aromatic carbocycles. The summed E-state index contributed by atoms with van der Waals surface area (Å²) in [5.74, 6) is 0. The zero-order valence-electron chi connectivity index (χ0n) is 15.2.